The van der Waals surface area contributed by atoms with E-state index < -0.39 is 41.8 Å². The lowest BCUT2D eigenvalue weighted by Gasteiger charge is -2.27. The highest BCUT2D eigenvalue weighted by Crippen LogP contribution is 2.20. The van der Waals surface area contributed by atoms with Crippen molar-refractivity contribution in [3.8, 4) is 5.75 Å². The van der Waals surface area contributed by atoms with Gasteiger partial charge in [0, 0.05) is 26.4 Å². The Bertz CT molecular complexity index is 1540. The Morgan fingerprint density at radius 3 is 2.45 bits per heavy atom. The van der Waals surface area contributed by atoms with E-state index in [1.807, 2.05) is 44.2 Å². The van der Waals surface area contributed by atoms with Gasteiger partial charge in [-0.05, 0) is 48.4 Å². The first kappa shape index (κ1) is 38.2. The van der Waals surface area contributed by atoms with E-state index in [2.05, 4.69) is 26.3 Å². The predicted molar refractivity (Wildman–Crippen MR) is 180 cm³/mol. The fourth-order valence-electron chi connectivity index (χ4n) is 5.04. The lowest BCUT2D eigenvalue weighted by atomic mass is 10.00. The Morgan fingerprint density at radius 2 is 1.76 bits per heavy atom. The summed E-state index contributed by atoms with van der Waals surface area (Å²) in [5, 5.41) is 18.9. The standard InChI is InChI=1S/C33H42N6O6.C2H4O2/c1-21(2)29-32(43)37-26(18-22-9-4-3-5-10-22)33-38-27(20-45-33)30(41)35-15-7-6-13-25(31(42)39-29)36-28(40)19-23-11-8-12-24(17-23)44-16-14-34;1-2(3)4/h3-5,8-12,17,20-21,25-26,29H,6-7,13-16,18-19,34H2,1-2H3,(H,35,41)(H,36,40)(H,37,43)(H,39,42);1H3,(H,3,4)/t25-,26+,29-;/m0./s1. The summed E-state index contributed by atoms with van der Waals surface area (Å²) in [6.07, 6.45) is 3.06. The van der Waals surface area contributed by atoms with Crippen LogP contribution in [0.4, 0.5) is 0 Å². The van der Waals surface area contributed by atoms with Crippen LogP contribution in [0, 0.1) is 5.92 Å². The van der Waals surface area contributed by atoms with Gasteiger partial charge in [-0.15, -0.1) is 0 Å². The molecule has 49 heavy (non-hydrogen) atoms. The van der Waals surface area contributed by atoms with Crippen LogP contribution in [-0.2, 0) is 32.0 Å². The number of ether oxygens (including phenoxy) is 1. The molecule has 0 unspecified atom stereocenters. The topological polar surface area (TPSA) is 215 Å². The lowest BCUT2D eigenvalue weighted by Crippen LogP contribution is -2.56. The van der Waals surface area contributed by atoms with Crippen molar-refractivity contribution in [1.29, 1.82) is 0 Å². The molecule has 7 N–H and O–H groups in total. The minimum Gasteiger partial charge on any atom is -0.492 e. The summed E-state index contributed by atoms with van der Waals surface area (Å²) in [4.78, 5) is 66.5. The van der Waals surface area contributed by atoms with E-state index in [1.54, 1.807) is 24.3 Å². The summed E-state index contributed by atoms with van der Waals surface area (Å²) in [5.41, 5.74) is 7.27. The number of nitrogens with one attached hydrogen (secondary N) is 4. The van der Waals surface area contributed by atoms with E-state index in [-0.39, 0.29) is 29.8 Å². The summed E-state index contributed by atoms with van der Waals surface area (Å²) >= 11 is 0. The summed E-state index contributed by atoms with van der Waals surface area (Å²) < 4.78 is 11.2. The molecule has 264 valence electrons. The lowest BCUT2D eigenvalue weighted by molar-refractivity contribution is -0.134. The van der Waals surface area contributed by atoms with Crippen molar-refractivity contribution < 1.29 is 38.2 Å². The second-order valence-electron chi connectivity index (χ2n) is 11.9. The number of nitrogens with zero attached hydrogens (tertiary/aromatic N) is 1. The zero-order valence-corrected chi connectivity index (χ0v) is 28.1. The molecule has 0 aliphatic carbocycles. The molecule has 0 saturated carbocycles. The number of nitrogens with two attached hydrogens (primary N) is 1. The van der Waals surface area contributed by atoms with Crippen LogP contribution in [0.2, 0.25) is 0 Å². The third kappa shape index (κ3) is 13.1. The van der Waals surface area contributed by atoms with Crippen molar-refractivity contribution in [2.75, 3.05) is 19.7 Å². The maximum atomic E-state index is 13.7. The molecule has 3 atom stereocenters. The molecule has 14 heteroatoms. The number of rotatable bonds is 9. The van der Waals surface area contributed by atoms with Gasteiger partial charge in [0.1, 0.15) is 36.7 Å². The van der Waals surface area contributed by atoms with Crippen LogP contribution in [0.5, 0.6) is 5.75 Å². The molecule has 0 radical (unpaired) electrons. The van der Waals surface area contributed by atoms with Gasteiger partial charge in [-0.1, -0.05) is 56.3 Å². The zero-order valence-electron chi connectivity index (χ0n) is 28.1. The number of amides is 4. The van der Waals surface area contributed by atoms with E-state index in [0.29, 0.717) is 51.1 Å². The summed E-state index contributed by atoms with van der Waals surface area (Å²) in [5.74, 6) is -1.97. The maximum absolute atomic E-state index is 13.7. The van der Waals surface area contributed by atoms with Crippen molar-refractivity contribution in [1.82, 2.24) is 26.3 Å². The Morgan fingerprint density at radius 1 is 1.04 bits per heavy atom. The van der Waals surface area contributed by atoms with Gasteiger partial charge in [0.05, 0.1) is 6.42 Å². The van der Waals surface area contributed by atoms with Crippen LogP contribution in [0.3, 0.4) is 0 Å². The monoisotopic (exact) mass is 678 g/mol. The van der Waals surface area contributed by atoms with Crippen LogP contribution in [0.25, 0.3) is 0 Å². The Balaban J connectivity index is 0.00000154. The fourth-order valence-corrected chi connectivity index (χ4v) is 5.04. The number of carboxylic acids is 1. The molecule has 2 aromatic carbocycles. The summed E-state index contributed by atoms with van der Waals surface area (Å²) in [6.45, 7) is 5.81. The molecular formula is C35H46N6O8. The number of fused-ring (bicyclic) bond motifs is 2. The van der Waals surface area contributed by atoms with Gasteiger partial charge in [-0.25, -0.2) is 4.98 Å². The molecule has 4 rings (SSSR count). The van der Waals surface area contributed by atoms with Crippen molar-refractivity contribution in [2.24, 2.45) is 11.7 Å². The largest absolute Gasteiger partial charge is 0.492 e. The normalized spacial score (nSPS) is 18.6. The van der Waals surface area contributed by atoms with Gasteiger partial charge in [0.25, 0.3) is 11.9 Å². The molecule has 1 aliphatic heterocycles. The molecule has 2 heterocycles. The number of carbonyl (C=O) groups is 5. The average molecular weight is 679 g/mol. The second kappa shape index (κ2) is 19.5. The van der Waals surface area contributed by atoms with Crippen LogP contribution in [-0.4, -0.2) is 71.5 Å². The van der Waals surface area contributed by atoms with Gasteiger partial charge < -0.3 is 41.3 Å². The number of aliphatic carboxylic acids is 1. The molecule has 1 aromatic heterocycles. The van der Waals surface area contributed by atoms with Gasteiger partial charge in [-0.3, -0.25) is 24.0 Å². The molecule has 4 amide bonds. The van der Waals surface area contributed by atoms with Crippen LogP contribution < -0.4 is 31.7 Å². The molecule has 1 aliphatic rings. The number of carboxylic acid groups (broad SMARTS) is 1. The van der Waals surface area contributed by atoms with Gasteiger partial charge in [0.2, 0.25) is 23.6 Å². The molecule has 3 aromatic rings. The first-order valence-corrected chi connectivity index (χ1v) is 16.3. The van der Waals surface area contributed by atoms with E-state index >= 15 is 0 Å². The van der Waals surface area contributed by atoms with E-state index in [0.717, 1.165) is 18.1 Å². The Labute approximate surface area is 285 Å². The van der Waals surface area contributed by atoms with Crippen molar-refractivity contribution >= 4 is 29.6 Å². The number of hydrogen-bond acceptors (Lipinski definition) is 9. The highest BCUT2D eigenvalue weighted by atomic mass is 16.5. The highest BCUT2D eigenvalue weighted by Gasteiger charge is 2.32. The molecule has 0 fully saturated rings. The smallest absolute Gasteiger partial charge is 0.300 e. The highest BCUT2D eigenvalue weighted by molar-refractivity contribution is 5.93. The quantitative estimate of drug-likeness (QED) is 0.194. The predicted octanol–water partition coefficient (Wildman–Crippen LogP) is 2.29. The van der Waals surface area contributed by atoms with Crippen LogP contribution >= 0.6 is 0 Å². The van der Waals surface area contributed by atoms with Crippen molar-refractivity contribution in [3.05, 3.63) is 83.6 Å². The minimum absolute atomic E-state index is 0.0339. The average Bonchev–Trinajstić information content (AvgIpc) is 3.55. The second-order valence-corrected chi connectivity index (χ2v) is 11.9. The fraction of sp³-hybridized carbons (Fsp3) is 0.429. The third-order valence-corrected chi connectivity index (χ3v) is 7.41. The first-order valence-electron chi connectivity index (χ1n) is 16.3. The number of carbonyl (C=O) groups excluding carboxylic acids is 4. The molecule has 0 spiro atoms. The summed E-state index contributed by atoms with van der Waals surface area (Å²) in [7, 11) is 0. The molecule has 2 bridgehead atoms. The van der Waals surface area contributed by atoms with Gasteiger partial charge >= 0.3 is 0 Å². The molecule has 14 nitrogen and oxygen atoms in total. The molecular weight excluding hydrogens is 632 g/mol. The molecule has 0 saturated heterocycles. The number of benzene rings is 2. The minimum atomic E-state index is -0.905. The third-order valence-electron chi connectivity index (χ3n) is 7.41. The van der Waals surface area contributed by atoms with Gasteiger partial charge in [0.15, 0.2) is 5.69 Å². The SMILES string of the molecule is CC(=O)O.CC(C)[C@@H]1NC(=O)[C@@H](NC(=O)Cc2cccc(OCCN)c2)CCCCNC(=O)c2coc(n2)[C@@H](Cc2ccccc2)NC1=O. The van der Waals surface area contributed by atoms with Crippen molar-refractivity contribution in [3.63, 3.8) is 0 Å². The maximum Gasteiger partial charge on any atom is 0.300 e. The Kier molecular flexibility index (Phi) is 15.2. The van der Waals surface area contributed by atoms with E-state index in [1.165, 1.54) is 6.26 Å². The zero-order chi connectivity index (χ0) is 35.8. The number of aromatic nitrogens is 1. The number of oxazole rings is 1. The van der Waals surface area contributed by atoms with Crippen LogP contribution in [0.1, 0.15) is 73.6 Å². The first-order chi connectivity index (χ1) is 23.5. The Hall–Kier alpha value is -5.24. The van der Waals surface area contributed by atoms with E-state index in [4.69, 9.17) is 24.8 Å². The van der Waals surface area contributed by atoms with Crippen molar-refractivity contribution in [2.45, 2.75) is 71.0 Å². The van der Waals surface area contributed by atoms with E-state index in [9.17, 15) is 19.2 Å². The van der Waals surface area contributed by atoms with Gasteiger partial charge in [-0.2, -0.15) is 0 Å². The number of hydrogen-bond donors (Lipinski definition) is 6. The van der Waals surface area contributed by atoms with Crippen LogP contribution in [0.15, 0.2) is 65.3 Å². The summed E-state index contributed by atoms with van der Waals surface area (Å²) in [6, 6.07) is 14.1.